The van der Waals surface area contributed by atoms with Crippen molar-refractivity contribution in [1.29, 1.82) is 0 Å². The van der Waals surface area contributed by atoms with Crippen molar-refractivity contribution in [2.75, 3.05) is 25.3 Å². The number of ether oxygens (including phenoxy) is 3. The lowest BCUT2D eigenvalue weighted by Gasteiger charge is -2.19. The summed E-state index contributed by atoms with van der Waals surface area (Å²) < 4.78 is 16.8. The number of esters is 3. The van der Waals surface area contributed by atoms with E-state index in [0.29, 0.717) is 0 Å². The largest absolute Gasteiger partial charge is 0.462 e. The molecule has 2 N–H and O–H groups in total. The van der Waals surface area contributed by atoms with E-state index in [2.05, 4.69) is 27.7 Å². The van der Waals surface area contributed by atoms with E-state index < -0.39 is 17.9 Å². The van der Waals surface area contributed by atoms with Gasteiger partial charge in [0.15, 0.2) is 0 Å². The summed E-state index contributed by atoms with van der Waals surface area (Å²) in [7, 11) is 0. The summed E-state index contributed by atoms with van der Waals surface area (Å²) in [6, 6.07) is 2.63. The Labute approximate surface area is 247 Å². The van der Waals surface area contributed by atoms with Crippen LogP contribution in [-0.4, -0.2) is 42.9 Å². The molecule has 8 heteroatoms. The van der Waals surface area contributed by atoms with Crippen LogP contribution in [0.5, 0.6) is 0 Å². The fourth-order valence-electron chi connectivity index (χ4n) is 4.72. The zero-order valence-corrected chi connectivity index (χ0v) is 26.4. The van der Waals surface area contributed by atoms with Gasteiger partial charge in [-0.2, -0.15) is 0 Å². The van der Waals surface area contributed by atoms with Crippen LogP contribution in [0.15, 0.2) is 12.1 Å². The molecule has 8 nitrogen and oxygen atoms in total. The van der Waals surface area contributed by atoms with Crippen molar-refractivity contribution in [3.05, 3.63) is 28.8 Å². The minimum atomic E-state index is -0.732. The monoisotopic (exact) mass is 577 g/mol. The number of hydrogen-bond donors (Lipinski definition) is 2. The molecule has 234 valence electrons. The van der Waals surface area contributed by atoms with Crippen LogP contribution in [0.25, 0.3) is 0 Å². The molecule has 1 rings (SSSR count). The Balaban J connectivity index is 3.31. The molecule has 41 heavy (non-hydrogen) atoms. The standard InChI is InChI=1S/C33H55NO7/c1-7-13-16-24(10-4)21-39-31(35)27-19-28(32(36)40-22-25(11-5)17-14-8-2)30(34-38)29(20-27)33(37)41-23-26(12-6)18-15-9-3/h19-20,24-26,34,38H,7-18,21-23H2,1-6H3. The topological polar surface area (TPSA) is 111 Å². The van der Waals surface area contributed by atoms with E-state index in [4.69, 9.17) is 14.2 Å². The molecule has 0 amide bonds. The van der Waals surface area contributed by atoms with E-state index in [1.807, 2.05) is 19.3 Å². The van der Waals surface area contributed by atoms with E-state index >= 15 is 0 Å². The molecule has 0 spiro atoms. The molecule has 0 aromatic heterocycles. The molecule has 0 saturated carbocycles. The highest BCUT2D eigenvalue weighted by Gasteiger charge is 2.27. The first-order valence-electron chi connectivity index (χ1n) is 15.9. The summed E-state index contributed by atoms with van der Waals surface area (Å²) in [6.07, 6.45) is 11.7. The number of hydrogen-bond acceptors (Lipinski definition) is 8. The van der Waals surface area contributed by atoms with E-state index in [1.165, 1.54) is 12.1 Å². The summed E-state index contributed by atoms with van der Waals surface area (Å²) >= 11 is 0. The molecule has 1 aromatic carbocycles. The number of carbonyl (C=O) groups is 3. The SMILES string of the molecule is CCCCC(CC)COC(=O)c1cc(C(=O)OCC(CC)CCCC)c(NO)c(C(=O)OCC(CC)CCCC)c1. The Kier molecular flexibility index (Phi) is 18.8. The predicted molar refractivity (Wildman–Crippen MR) is 163 cm³/mol. The molecular formula is C33H55NO7. The van der Waals surface area contributed by atoms with Gasteiger partial charge in [-0.1, -0.05) is 99.3 Å². The van der Waals surface area contributed by atoms with Crippen LogP contribution in [0.3, 0.4) is 0 Å². The van der Waals surface area contributed by atoms with Gasteiger partial charge in [0, 0.05) is 0 Å². The van der Waals surface area contributed by atoms with Crippen LogP contribution in [-0.2, 0) is 14.2 Å². The molecule has 0 aliphatic heterocycles. The lowest BCUT2D eigenvalue weighted by molar-refractivity contribution is 0.0424. The lowest BCUT2D eigenvalue weighted by atomic mass is 9.99. The Bertz CT molecular complexity index is 864. The second-order valence-corrected chi connectivity index (χ2v) is 11.1. The first-order chi connectivity index (χ1) is 19.8. The van der Waals surface area contributed by atoms with Crippen molar-refractivity contribution < 1.29 is 33.8 Å². The quantitative estimate of drug-likeness (QED) is 0.0800. The van der Waals surface area contributed by atoms with Gasteiger partial charge < -0.3 is 14.2 Å². The number of benzene rings is 1. The maximum atomic E-state index is 13.3. The Morgan fingerprint density at radius 3 is 1.27 bits per heavy atom. The molecule has 0 fully saturated rings. The third kappa shape index (κ3) is 12.8. The molecular weight excluding hydrogens is 522 g/mol. The highest BCUT2D eigenvalue weighted by molar-refractivity contribution is 6.07. The van der Waals surface area contributed by atoms with E-state index in [1.54, 1.807) is 0 Å². The van der Waals surface area contributed by atoms with Crippen LogP contribution in [0.2, 0.25) is 0 Å². The summed E-state index contributed by atoms with van der Waals surface area (Å²) in [5.74, 6) is -1.48. The van der Waals surface area contributed by atoms with Crippen molar-refractivity contribution in [1.82, 2.24) is 0 Å². The van der Waals surface area contributed by atoms with Gasteiger partial charge in [-0.3, -0.25) is 10.7 Å². The fourth-order valence-corrected chi connectivity index (χ4v) is 4.72. The normalized spacial score (nSPS) is 13.2. The molecule has 3 unspecified atom stereocenters. The maximum Gasteiger partial charge on any atom is 0.340 e. The number of anilines is 1. The van der Waals surface area contributed by atoms with Gasteiger partial charge in [-0.25, -0.2) is 14.4 Å². The minimum Gasteiger partial charge on any atom is -0.462 e. The van der Waals surface area contributed by atoms with Gasteiger partial charge in [0.2, 0.25) is 0 Å². The molecule has 0 aliphatic rings. The number of carbonyl (C=O) groups excluding carboxylic acids is 3. The van der Waals surface area contributed by atoms with Gasteiger partial charge in [-0.15, -0.1) is 0 Å². The molecule has 1 aromatic rings. The number of rotatable bonds is 22. The van der Waals surface area contributed by atoms with Crippen LogP contribution in [0, 0.1) is 17.8 Å². The van der Waals surface area contributed by atoms with E-state index in [0.717, 1.165) is 77.0 Å². The van der Waals surface area contributed by atoms with Gasteiger partial charge >= 0.3 is 17.9 Å². The van der Waals surface area contributed by atoms with Gasteiger partial charge in [0.05, 0.1) is 42.2 Å². The molecule has 0 heterocycles. The first kappa shape index (κ1) is 36.4. The summed E-state index contributed by atoms with van der Waals surface area (Å²) in [4.78, 5) is 39.6. The maximum absolute atomic E-state index is 13.3. The molecule has 0 aliphatic carbocycles. The second-order valence-electron chi connectivity index (χ2n) is 11.1. The van der Waals surface area contributed by atoms with Crippen molar-refractivity contribution >= 4 is 23.6 Å². The third-order valence-corrected chi connectivity index (χ3v) is 7.91. The molecule has 0 bridgehead atoms. The Hall–Kier alpha value is -2.61. The Morgan fingerprint density at radius 2 is 0.976 bits per heavy atom. The van der Waals surface area contributed by atoms with Crippen molar-refractivity contribution in [3.63, 3.8) is 0 Å². The Morgan fingerprint density at radius 1 is 0.634 bits per heavy atom. The summed E-state index contributed by atoms with van der Waals surface area (Å²) in [5, 5.41) is 10.0. The second kappa shape index (κ2) is 21.1. The zero-order chi connectivity index (χ0) is 30.6. The number of nitrogens with one attached hydrogen (secondary N) is 1. The highest BCUT2D eigenvalue weighted by atomic mass is 16.5. The van der Waals surface area contributed by atoms with E-state index in [-0.39, 0.29) is 60.0 Å². The zero-order valence-electron chi connectivity index (χ0n) is 26.4. The molecule has 3 atom stereocenters. The van der Waals surface area contributed by atoms with Gasteiger partial charge in [0.25, 0.3) is 0 Å². The molecule has 0 radical (unpaired) electrons. The fraction of sp³-hybridized carbons (Fsp3) is 0.727. The van der Waals surface area contributed by atoms with Crippen molar-refractivity contribution in [2.45, 2.75) is 119 Å². The van der Waals surface area contributed by atoms with Crippen LogP contribution in [0.1, 0.15) is 150 Å². The average Bonchev–Trinajstić information content (AvgIpc) is 3.00. The van der Waals surface area contributed by atoms with Gasteiger partial charge in [-0.05, 0) is 49.1 Å². The first-order valence-corrected chi connectivity index (χ1v) is 15.9. The van der Waals surface area contributed by atoms with Crippen molar-refractivity contribution in [3.8, 4) is 0 Å². The average molecular weight is 578 g/mol. The van der Waals surface area contributed by atoms with Crippen molar-refractivity contribution in [2.24, 2.45) is 17.8 Å². The summed E-state index contributed by atoms with van der Waals surface area (Å²) in [6.45, 7) is 13.2. The van der Waals surface area contributed by atoms with Gasteiger partial charge in [0.1, 0.15) is 0 Å². The van der Waals surface area contributed by atoms with Crippen LogP contribution >= 0.6 is 0 Å². The number of unbranched alkanes of at least 4 members (excludes halogenated alkanes) is 3. The molecule has 0 saturated heterocycles. The summed E-state index contributed by atoms with van der Waals surface area (Å²) in [5.41, 5.74) is 1.65. The minimum absolute atomic E-state index is 0.0318. The highest BCUT2D eigenvalue weighted by Crippen LogP contribution is 2.27. The van der Waals surface area contributed by atoms with Crippen LogP contribution < -0.4 is 5.48 Å². The smallest absolute Gasteiger partial charge is 0.340 e. The van der Waals surface area contributed by atoms with Crippen LogP contribution in [0.4, 0.5) is 5.69 Å². The predicted octanol–water partition coefficient (Wildman–Crippen LogP) is 8.61. The lowest BCUT2D eigenvalue weighted by Crippen LogP contribution is -2.21. The third-order valence-electron chi connectivity index (χ3n) is 7.91. The van der Waals surface area contributed by atoms with E-state index in [9.17, 15) is 19.6 Å².